The molecule has 0 bridgehead atoms. The summed E-state index contributed by atoms with van der Waals surface area (Å²) in [5.41, 5.74) is 0. The summed E-state index contributed by atoms with van der Waals surface area (Å²) in [6.45, 7) is 8.31. The third-order valence-corrected chi connectivity index (χ3v) is 5.10. The third-order valence-electron chi connectivity index (χ3n) is 2.40. The Hall–Kier alpha value is -0.750. The van der Waals surface area contributed by atoms with Crippen LogP contribution in [0.3, 0.4) is 0 Å². The van der Waals surface area contributed by atoms with Crippen LogP contribution in [-0.4, -0.2) is 26.9 Å². The highest BCUT2D eigenvalue weighted by Crippen LogP contribution is 2.15. The molecule has 1 amide bonds. The number of thiazole rings is 1. The maximum absolute atomic E-state index is 12.0. The molecular weight excluding hydrogens is 268 g/mol. The molecule has 0 unspecified atom stereocenters. The van der Waals surface area contributed by atoms with E-state index in [1.807, 2.05) is 20.8 Å². The van der Waals surface area contributed by atoms with Crippen LogP contribution in [0.25, 0.3) is 0 Å². The fraction of sp³-hybridized carbons (Fsp3) is 0.667. The maximum atomic E-state index is 12.0. The Bertz CT molecular complexity index is 429. The molecule has 0 aliphatic heterocycles. The largest absolute Gasteiger partial charge is 0.355 e. The molecule has 1 aromatic heterocycles. The third kappa shape index (κ3) is 4.86. The number of carbonyl (C=O) groups excluding carboxylic acids is 1. The van der Waals surface area contributed by atoms with E-state index in [0.29, 0.717) is 18.2 Å². The van der Waals surface area contributed by atoms with E-state index in [1.54, 1.807) is 13.1 Å². The van der Waals surface area contributed by atoms with Gasteiger partial charge in [-0.05, 0) is 19.8 Å². The molecule has 18 heavy (non-hydrogen) atoms. The standard InChI is InChI=1S/C12H20N2O2S2/c1-8(2)5-14-12(15)9(3)18(16)7-11-6-13-10(4)17-11/h6,8-9H,5,7H2,1-4H3,(H,14,15)/t9-,18+/m0/s1. The number of nitrogens with one attached hydrogen (secondary N) is 1. The first-order chi connectivity index (χ1) is 8.40. The summed E-state index contributed by atoms with van der Waals surface area (Å²) >= 11 is 1.53. The number of hydrogen-bond donors (Lipinski definition) is 1. The molecule has 0 spiro atoms. The van der Waals surface area contributed by atoms with Crippen molar-refractivity contribution in [2.24, 2.45) is 5.92 Å². The number of amides is 1. The zero-order valence-corrected chi connectivity index (χ0v) is 12.9. The van der Waals surface area contributed by atoms with Crippen LogP contribution < -0.4 is 5.32 Å². The van der Waals surface area contributed by atoms with Gasteiger partial charge in [0.15, 0.2) is 0 Å². The molecule has 0 radical (unpaired) electrons. The molecule has 0 aliphatic carbocycles. The molecular formula is C12H20N2O2S2. The van der Waals surface area contributed by atoms with Gasteiger partial charge in [-0.25, -0.2) is 4.98 Å². The molecule has 1 N–H and O–H groups in total. The molecule has 0 saturated heterocycles. The Kier molecular flexibility index (Phi) is 5.95. The lowest BCUT2D eigenvalue weighted by molar-refractivity contribution is -0.120. The van der Waals surface area contributed by atoms with Crippen LogP contribution in [0.4, 0.5) is 0 Å². The number of aryl methyl sites for hydroxylation is 1. The Morgan fingerprint density at radius 3 is 2.67 bits per heavy atom. The van der Waals surface area contributed by atoms with Gasteiger partial charge < -0.3 is 5.32 Å². The van der Waals surface area contributed by atoms with Crippen molar-refractivity contribution in [3.8, 4) is 0 Å². The fourth-order valence-electron chi connectivity index (χ4n) is 1.31. The maximum Gasteiger partial charge on any atom is 0.235 e. The highest BCUT2D eigenvalue weighted by Gasteiger charge is 2.20. The van der Waals surface area contributed by atoms with Crippen molar-refractivity contribution in [3.05, 3.63) is 16.1 Å². The predicted octanol–water partition coefficient (Wildman–Crippen LogP) is 1.86. The van der Waals surface area contributed by atoms with Crippen LogP contribution in [-0.2, 0) is 21.3 Å². The first kappa shape index (κ1) is 15.3. The van der Waals surface area contributed by atoms with Gasteiger partial charge in [0.05, 0.1) is 10.8 Å². The first-order valence-corrected chi connectivity index (χ1v) is 8.16. The second-order valence-electron chi connectivity index (χ2n) is 4.65. The van der Waals surface area contributed by atoms with Crippen molar-refractivity contribution in [2.45, 2.75) is 38.7 Å². The number of hydrogen-bond acceptors (Lipinski definition) is 4. The van der Waals surface area contributed by atoms with E-state index in [0.717, 1.165) is 9.88 Å². The van der Waals surface area contributed by atoms with Crippen LogP contribution in [0, 0.1) is 12.8 Å². The summed E-state index contributed by atoms with van der Waals surface area (Å²) in [4.78, 5) is 16.9. The molecule has 1 rings (SSSR count). The second-order valence-corrected chi connectivity index (χ2v) is 7.73. The molecule has 6 heteroatoms. The number of aromatic nitrogens is 1. The molecule has 0 saturated carbocycles. The Morgan fingerprint density at radius 2 is 2.17 bits per heavy atom. The Morgan fingerprint density at radius 1 is 1.50 bits per heavy atom. The van der Waals surface area contributed by atoms with Crippen molar-refractivity contribution in [1.29, 1.82) is 0 Å². The normalized spacial score (nSPS) is 14.5. The quantitative estimate of drug-likeness (QED) is 0.869. The summed E-state index contributed by atoms with van der Waals surface area (Å²) in [6.07, 6.45) is 1.73. The average molecular weight is 288 g/mol. The number of carbonyl (C=O) groups is 1. The van der Waals surface area contributed by atoms with E-state index in [2.05, 4.69) is 10.3 Å². The van der Waals surface area contributed by atoms with Gasteiger partial charge in [0.25, 0.3) is 0 Å². The van der Waals surface area contributed by atoms with Gasteiger partial charge >= 0.3 is 0 Å². The predicted molar refractivity (Wildman–Crippen MR) is 76.0 cm³/mol. The molecule has 102 valence electrons. The van der Waals surface area contributed by atoms with Gasteiger partial charge in [0, 0.05) is 28.4 Å². The fourth-order valence-corrected chi connectivity index (χ4v) is 3.41. The molecule has 1 heterocycles. The zero-order valence-electron chi connectivity index (χ0n) is 11.2. The zero-order chi connectivity index (χ0) is 13.7. The summed E-state index contributed by atoms with van der Waals surface area (Å²) < 4.78 is 12.0. The minimum Gasteiger partial charge on any atom is -0.355 e. The summed E-state index contributed by atoms with van der Waals surface area (Å²) in [5, 5.41) is 3.29. The number of rotatable bonds is 6. The molecule has 0 aromatic carbocycles. The van der Waals surface area contributed by atoms with E-state index in [4.69, 9.17) is 0 Å². The average Bonchev–Trinajstić information content (AvgIpc) is 2.70. The van der Waals surface area contributed by atoms with Gasteiger partial charge in [-0.1, -0.05) is 13.8 Å². The summed E-state index contributed by atoms with van der Waals surface area (Å²) in [5.74, 6) is 0.670. The van der Waals surface area contributed by atoms with Crippen LogP contribution in [0.2, 0.25) is 0 Å². The highest BCUT2D eigenvalue weighted by molar-refractivity contribution is 7.85. The lowest BCUT2D eigenvalue weighted by Crippen LogP contribution is -2.37. The van der Waals surface area contributed by atoms with Crippen molar-refractivity contribution < 1.29 is 9.00 Å². The van der Waals surface area contributed by atoms with E-state index in [9.17, 15) is 9.00 Å². The smallest absolute Gasteiger partial charge is 0.235 e. The minimum atomic E-state index is -1.19. The molecule has 0 fully saturated rings. The highest BCUT2D eigenvalue weighted by atomic mass is 32.2. The van der Waals surface area contributed by atoms with Crippen molar-refractivity contribution in [1.82, 2.24) is 10.3 Å². The lowest BCUT2D eigenvalue weighted by atomic mass is 10.2. The van der Waals surface area contributed by atoms with Gasteiger partial charge in [-0.3, -0.25) is 9.00 Å². The van der Waals surface area contributed by atoms with Crippen molar-refractivity contribution in [3.63, 3.8) is 0 Å². The second kappa shape index (κ2) is 6.99. The van der Waals surface area contributed by atoms with Crippen LogP contribution in [0.1, 0.15) is 30.7 Å². The molecule has 4 nitrogen and oxygen atoms in total. The van der Waals surface area contributed by atoms with Gasteiger partial charge in [0.1, 0.15) is 5.25 Å². The van der Waals surface area contributed by atoms with Crippen molar-refractivity contribution >= 4 is 28.0 Å². The minimum absolute atomic E-state index is 0.136. The number of nitrogens with zero attached hydrogens (tertiary/aromatic N) is 1. The van der Waals surface area contributed by atoms with E-state index in [1.165, 1.54) is 11.3 Å². The van der Waals surface area contributed by atoms with Crippen LogP contribution >= 0.6 is 11.3 Å². The van der Waals surface area contributed by atoms with Gasteiger partial charge in [-0.2, -0.15) is 0 Å². The van der Waals surface area contributed by atoms with E-state index < -0.39 is 16.0 Å². The monoisotopic (exact) mass is 288 g/mol. The van der Waals surface area contributed by atoms with Crippen LogP contribution in [0.15, 0.2) is 6.20 Å². The summed E-state index contributed by atoms with van der Waals surface area (Å²) in [7, 11) is -1.19. The van der Waals surface area contributed by atoms with E-state index >= 15 is 0 Å². The topological polar surface area (TPSA) is 59.1 Å². The van der Waals surface area contributed by atoms with Gasteiger partial charge in [-0.15, -0.1) is 11.3 Å². The molecule has 2 atom stereocenters. The van der Waals surface area contributed by atoms with E-state index in [-0.39, 0.29) is 5.91 Å². The SMILES string of the molecule is Cc1ncc(C[S@@](=O)[C@@H](C)C(=O)NCC(C)C)s1. The van der Waals surface area contributed by atoms with Crippen LogP contribution in [0.5, 0.6) is 0 Å². The van der Waals surface area contributed by atoms with Crippen molar-refractivity contribution in [2.75, 3.05) is 6.54 Å². The first-order valence-electron chi connectivity index (χ1n) is 5.96. The van der Waals surface area contributed by atoms with Gasteiger partial charge in [0.2, 0.25) is 5.91 Å². The summed E-state index contributed by atoms with van der Waals surface area (Å²) in [6, 6.07) is 0. The lowest BCUT2D eigenvalue weighted by Gasteiger charge is -2.12. The Balaban J connectivity index is 2.48. The molecule has 0 aliphatic rings. The molecule has 1 aromatic rings. The Labute approximate surface area is 115 Å².